The Kier molecular flexibility index (Phi) is 56.4. The maximum absolute atomic E-state index is 13.5. The Morgan fingerprint density at radius 1 is 0.470 bits per heavy atom. The summed E-state index contributed by atoms with van der Waals surface area (Å²) in [5.74, 6) is -1.19. The minimum absolute atomic E-state index is 0.119. The van der Waals surface area contributed by atoms with Crippen LogP contribution in [0.2, 0.25) is 0 Å². The summed E-state index contributed by atoms with van der Waals surface area (Å²) in [7, 11) is 0. The van der Waals surface area contributed by atoms with Crippen molar-refractivity contribution in [2.45, 2.75) is 372 Å². The molecule has 83 heavy (non-hydrogen) atoms. The Labute approximate surface area is 509 Å². The fourth-order valence-corrected chi connectivity index (χ4v) is 10.8. The van der Waals surface area contributed by atoms with Gasteiger partial charge in [-0.25, -0.2) is 0 Å². The van der Waals surface area contributed by atoms with E-state index in [1.165, 1.54) is 199 Å². The van der Waals surface area contributed by atoms with E-state index in [2.05, 4.69) is 74.7 Å². The van der Waals surface area contributed by atoms with Gasteiger partial charge in [-0.05, 0) is 89.9 Å². The van der Waals surface area contributed by atoms with Gasteiger partial charge in [0.25, 0.3) is 0 Å². The van der Waals surface area contributed by atoms with Crippen molar-refractivity contribution in [1.29, 1.82) is 0 Å². The highest BCUT2D eigenvalue weighted by Gasteiger charge is 2.47. The minimum atomic E-state index is -1.62. The molecule has 0 aromatic heterocycles. The first kappa shape index (κ1) is 78.4. The molecule has 11 nitrogen and oxygen atoms in total. The molecule has 1 fully saturated rings. The van der Waals surface area contributed by atoms with Gasteiger partial charge in [0.2, 0.25) is 5.91 Å². The number of carbonyl (C=O) groups is 2. The number of aliphatic hydroxyl groups is 5. The van der Waals surface area contributed by atoms with Crippen molar-refractivity contribution in [3.8, 4) is 0 Å². The summed E-state index contributed by atoms with van der Waals surface area (Å²) in [5.41, 5.74) is 0. The van der Waals surface area contributed by atoms with E-state index in [-0.39, 0.29) is 13.0 Å². The second-order valence-electron chi connectivity index (χ2n) is 24.3. The second-order valence-corrected chi connectivity index (χ2v) is 24.3. The topological polar surface area (TPSA) is 175 Å². The fourth-order valence-electron chi connectivity index (χ4n) is 10.8. The molecule has 1 aliphatic rings. The second kappa shape index (κ2) is 59.7. The lowest BCUT2D eigenvalue weighted by Crippen LogP contribution is -2.61. The number of esters is 1. The third-order valence-corrected chi connectivity index (χ3v) is 16.4. The average molecular weight is 1170 g/mol. The standard InChI is InChI=1S/C72H131NO10/c1-4-7-10-13-16-19-22-25-27-29-31-32-33-35-36-38-41-44-47-50-53-56-59-65(76)71(80)73-63(64(75)58-55-52-49-46-43-40-24-21-18-15-12-9-6-3)62-81-72-70(69(79)68(78)66(61-74)82-72)83-67(77)60-57-54-51-48-45-42-39-37-34-30-28-26-23-20-17-14-11-8-5-2/h16-17,19-20,25-28,55,58,63-66,68-70,72,74-76,78-79H,4-15,18,21-24,29-54,56-57,59-62H2,1-3H3,(H,73,80)/b19-16-,20-17-,27-25-,28-26-,58-55+. The van der Waals surface area contributed by atoms with E-state index in [1.807, 2.05) is 6.08 Å². The monoisotopic (exact) mass is 1170 g/mol. The fraction of sp³-hybridized carbons (Fsp3) is 0.833. The number of rotatable bonds is 60. The van der Waals surface area contributed by atoms with Crippen LogP contribution >= 0.6 is 0 Å². The number of aliphatic hydroxyl groups excluding tert-OH is 5. The summed E-state index contributed by atoms with van der Waals surface area (Å²) in [5, 5.41) is 57.2. The molecular formula is C72H131NO10. The quantitative estimate of drug-likeness (QED) is 0.0195. The van der Waals surface area contributed by atoms with Gasteiger partial charge in [0.15, 0.2) is 12.4 Å². The van der Waals surface area contributed by atoms with Crippen LogP contribution in [0.1, 0.15) is 323 Å². The molecule has 0 spiro atoms. The predicted molar refractivity (Wildman–Crippen MR) is 347 cm³/mol. The molecule has 0 aromatic rings. The Hall–Kier alpha value is -2.64. The number of nitrogens with one attached hydrogen (secondary N) is 1. The van der Waals surface area contributed by atoms with Gasteiger partial charge in [-0.2, -0.15) is 0 Å². The normalized spacial score (nSPS) is 18.9. The molecule has 11 heteroatoms. The van der Waals surface area contributed by atoms with Crippen LogP contribution in [0.3, 0.4) is 0 Å². The molecule has 0 aliphatic carbocycles. The highest BCUT2D eigenvalue weighted by molar-refractivity contribution is 5.80. The molecule has 1 heterocycles. The summed E-state index contributed by atoms with van der Waals surface area (Å²) >= 11 is 0. The summed E-state index contributed by atoms with van der Waals surface area (Å²) in [6, 6.07) is -1.03. The van der Waals surface area contributed by atoms with Gasteiger partial charge < -0.3 is 45.1 Å². The van der Waals surface area contributed by atoms with Crippen molar-refractivity contribution >= 4 is 11.9 Å². The molecule has 1 aliphatic heterocycles. The van der Waals surface area contributed by atoms with Gasteiger partial charge in [0.05, 0.1) is 25.4 Å². The summed E-state index contributed by atoms with van der Waals surface area (Å²) in [4.78, 5) is 26.7. The lowest BCUT2D eigenvalue weighted by Gasteiger charge is -2.41. The predicted octanol–water partition coefficient (Wildman–Crippen LogP) is 17.7. The Bertz CT molecular complexity index is 1580. The van der Waals surface area contributed by atoms with E-state index < -0.39 is 67.4 Å². The number of unbranched alkanes of at least 4 members (excludes halogenated alkanes) is 38. The third kappa shape index (κ3) is 47.2. The Balaban J connectivity index is 2.61. The SMILES string of the molecule is CCCCC/C=C\C/C=C\CCCCCCCCCCCCCCC(O)C(=O)NC(COC1OC(CO)C(O)C(O)C1OC(=O)CCCCCCCCCCC/C=C\C/C=C\CCCCC)C(O)/C=C/CCCCCCCCCCCCC. The smallest absolute Gasteiger partial charge is 0.306 e. The number of allylic oxidation sites excluding steroid dienone is 9. The molecule has 8 atom stereocenters. The number of hydrogen-bond donors (Lipinski definition) is 6. The molecule has 1 saturated heterocycles. The Morgan fingerprint density at radius 2 is 0.831 bits per heavy atom. The lowest BCUT2D eigenvalue weighted by atomic mass is 9.99. The molecule has 0 bridgehead atoms. The highest BCUT2D eigenvalue weighted by atomic mass is 16.7. The van der Waals surface area contributed by atoms with E-state index in [4.69, 9.17) is 14.2 Å². The van der Waals surface area contributed by atoms with Crippen molar-refractivity contribution in [3.63, 3.8) is 0 Å². The van der Waals surface area contributed by atoms with E-state index in [1.54, 1.807) is 6.08 Å². The lowest BCUT2D eigenvalue weighted by molar-refractivity contribution is -0.305. The molecule has 0 saturated carbocycles. The molecular weight excluding hydrogens is 1040 g/mol. The third-order valence-electron chi connectivity index (χ3n) is 16.4. The first-order valence-corrected chi connectivity index (χ1v) is 35.1. The zero-order valence-electron chi connectivity index (χ0n) is 53.8. The number of ether oxygens (including phenoxy) is 3. The van der Waals surface area contributed by atoms with Crippen LogP contribution in [0.15, 0.2) is 60.8 Å². The van der Waals surface area contributed by atoms with Crippen LogP contribution in [0.25, 0.3) is 0 Å². The van der Waals surface area contributed by atoms with Gasteiger partial charge >= 0.3 is 5.97 Å². The van der Waals surface area contributed by atoms with Crippen LogP contribution in [0.5, 0.6) is 0 Å². The average Bonchev–Trinajstić information content (AvgIpc) is 3.54. The van der Waals surface area contributed by atoms with Crippen molar-refractivity contribution in [2.24, 2.45) is 0 Å². The Morgan fingerprint density at radius 3 is 1.25 bits per heavy atom. The van der Waals surface area contributed by atoms with Crippen LogP contribution < -0.4 is 5.32 Å². The van der Waals surface area contributed by atoms with Gasteiger partial charge in [0.1, 0.15) is 24.4 Å². The van der Waals surface area contributed by atoms with E-state index in [9.17, 15) is 35.1 Å². The van der Waals surface area contributed by atoms with Crippen LogP contribution in [-0.2, 0) is 23.8 Å². The van der Waals surface area contributed by atoms with Gasteiger partial charge in [-0.1, -0.05) is 287 Å². The maximum Gasteiger partial charge on any atom is 0.306 e. The van der Waals surface area contributed by atoms with Crippen LogP contribution in [-0.4, -0.2) is 99.6 Å². The summed E-state index contributed by atoms with van der Waals surface area (Å²) in [6.07, 6.45) is 65.3. The number of hydrogen-bond acceptors (Lipinski definition) is 10. The summed E-state index contributed by atoms with van der Waals surface area (Å²) in [6.45, 7) is 5.78. The van der Waals surface area contributed by atoms with Crippen molar-refractivity contribution < 1.29 is 49.3 Å². The largest absolute Gasteiger partial charge is 0.454 e. The van der Waals surface area contributed by atoms with E-state index >= 15 is 0 Å². The van der Waals surface area contributed by atoms with Crippen molar-refractivity contribution in [2.75, 3.05) is 13.2 Å². The molecule has 0 aromatic carbocycles. The number of amides is 1. The maximum atomic E-state index is 13.5. The van der Waals surface area contributed by atoms with Crippen LogP contribution in [0, 0.1) is 0 Å². The van der Waals surface area contributed by atoms with Crippen molar-refractivity contribution in [3.05, 3.63) is 60.8 Å². The summed E-state index contributed by atoms with van der Waals surface area (Å²) < 4.78 is 17.7. The molecule has 484 valence electrons. The first-order valence-electron chi connectivity index (χ1n) is 35.1. The molecule has 1 amide bonds. The van der Waals surface area contributed by atoms with Gasteiger partial charge in [0, 0.05) is 6.42 Å². The van der Waals surface area contributed by atoms with Gasteiger partial charge in [-0.15, -0.1) is 0 Å². The van der Waals surface area contributed by atoms with Crippen LogP contribution in [0.4, 0.5) is 0 Å². The first-order chi connectivity index (χ1) is 40.7. The molecule has 1 rings (SSSR count). The minimum Gasteiger partial charge on any atom is -0.454 e. The van der Waals surface area contributed by atoms with E-state index in [0.29, 0.717) is 19.3 Å². The number of carbonyl (C=O) groups excluding carboxylic acids is 2. The van der Waals surface area contributed by atoms with E-state index in [0.717, 1.165) is 77.0 Å². The highest BCUT2D eigenvalue weighted by Crippen LogP contribution is 2.26. The molecule has 8 unspecified atom stereocenters. The van der Waals surface area contributed by atoms with Gasteiger partial charge in [-0.3, -0.25) is 9.59 Å². The van der Waals surface area contributed by atoms with Crippen molar-refractivity contribution in [1.82, 2.24) is 5.32 Å². The zero-order chi connectivity index (χ0) is 60.3. The molecule has 6 N–H and O–H groups in total. The molecule has 0 radical (unpaired) electrons. The zero-order valence-corrected chi connectivity index (χ0v) is 53.8.